The van der Waals surface area contributed by atoms with Crippen molar-refractivity contribution in [1.82, 2.24) is 14.7 Å². The number of hydrogen-bond acceptors (Lipinski definition) is 5. The zero-order valence-corrected chi connectivity index (χ0v) is 12.4. The molecule has 2 aliphatic rings. The van der Waals surface area contributed by atoms with Crippen molar-refractivity contribution in [3.63, 3.8) is 0 Å². The van der Waals surface area contributed by atoms with E-state index < -0.39 is 10.0 Å². The van der Waals surface area contributed by atoms with E-state index in [2.05, 4.69) is 25.7 Å². The van der Waals surface area contributed by atoms with Crippen molar-refractivity contribution in [2.45, 2.75) is 37.6 Å². The second-order valence-corrected chi connectivity index (χ2v) is 7.51. The minimum Gasteiger partial charge on any atom is -0.356 e. The number of sulfonamides is 1. The fourth-order valence-electron chi connectivity index (χ4n) is 2.67. The predicted molar refractivity (Wildman–Crippen MR) is 77.2 cm³/mol. The zero-order valence-electron chi connectivity index (χ0n) is 11.6. The molecule has 3 rings (SSSR count). The number of nitrogens with one attached hydrogen (secondary N) is 1. The number of aromatic nitrogens is 2. The molecular weight excluding hydrogens is 276 g/mol. The quantitative estimate of drug-likeness (QED) is 0.892. The summed E-state index contributed by atoms with van der Waals surface area (Å²) in [6.07, 6.45) is 6.95. The van der Waals surface area contributed by atoms with Crippen molar-refractivity contribution in [3.05, 3.63) is 18.1 Å². The molecule has 0 spiro atoms. The molecule has 2 fully saturated rings. The molecule has 2 heterocycles. The van der Waals surface area contributed by atoms with E-state index in [9.17, 15) is 8.42 Å². The second kappa shape index (κ2) is 5.29. The topological polar surface area (TPSA) is 75.2 Å². The van der Waals surface area contributed by atoms with Gasteiger partial charge in [-0.15, -0.1) is 0 Å². The van der Waals surface area contributed by atoms with Gasteiger partial charge in [-0.25, -0.2) is 23.1 Å². The van der Waals surface area contributed by atoms with Crippen LogP contribution in [-0.4, -0.2) is 43.8 Å². The van der Waals surface area contributed by atoms with Crippen molar-refractivity contribution in [2.24, 2.45) is 0 Å². The molecule has 7 heteroatoms. The lowest BCUT2D eigenvalue weighted by Gasteiger charge is -2.32. The molecule has 0 atom stereocenters. The van der Waals surface area contributed by atoms with Gasteiger partial charge in [0.2, 0.25) is 10.0 Å². The molecule has 6 nitrogen and oxygen atoms in total. The molecule has 1 aromatic heterocycles. The highest BCUT2D eigenvalue weighted by atomic mass is 32.2. The van der Waals surface area contributed by atoms with Gasteiger partial charge in [0.15, 0.2) is 0 Å². The number of rotatable bonds is 4. The molecule has 0 aromatic carbocycles. The predicted octanol–water partition coefficient (Wildman–Crippen LogP) is 0.872. The van der Waals surface area contributed by atoms with Crippen molar-refractivity contribution in [1.29, 1.82) is 0 Å². The maximum atomic E-state index is 11.2. The molecule has 1 aliphatic heterocycles. The third-order valence-corrected chi connectivity index (χ3v) is 4.63. The second-order valence-electron chi connectivity index (χ2n) is 5.73. The number of piperidine rings is 1. The van der Waals surface area contributed by atoms with E-state index in [-0.39, 0.29) is 6.04 Å². The van der Waals surface area contributed by atoms with Crippen LogP contribution in [0.5, 0.6) is 0 Å². The van der Waals surface area contributed by atoms with Gasteiger partial charge in [-0.2, -0.15) is 0 Å². The number of nitrogens with zero attached hydrogens (tertiary/aromatic N) is 3. The van der Waals surface area contributed by atoms with Gasteiger partial charge in [-0.3, -0.25) is 0 Å². The average molecular weight is 296 g/mol. The third kappa shape index (κ3) is 3.46. The van der Waals surface area contributed by atoms with Crippen LogP contribution in [0.15, 0.2) is 12.4 Å². The van der Waals surface area contributed by atoms with Crippen LogP contribution in [0, 0.1) is 0 Å². The summed E-state index contributed by atoms with van der Waals surface area (Å²) < 4.78 is 25.1. The molecule has 0 bridgehead atoms. The molecule has 0 amide bonds. The minimum atomic E-state index is -3.11. The number of hydrogen-bond donors (Lipinski definition) is 1. The molecule has 110 valence electrons. The Labute approximate surface area is 119 Å². The summed E-state index contributed by atoms with van der Waals surface area (Å²) in [4.78, 5) is 10.9. The van der Waals surface area contributed by atoms with Crippen molar-refractivity contribution in [2.75, 3.05) is 24.2 Å². The van der Waals surface area contributed by atoms with E-state index >= 15 is 0 Å². The van der Waals surface area contributed by atoms with Crippen LogP contribution < -0.4 is 9.62 Å². The molecule has 1 aromatic rings. The highest BCUT2D eigenvalue weighted by molar-refractivity contribution is 7.88. The zero-order chi connectivity index (χ0) is 14.2. The molecule has 1 N–H and O–H groups in total. The summed E-state index contributed by atoms with van der Waals surface area (Å²) in [5.74, 6) is 1.60. The molecule has 0 unspecified atom stereocenters. The average Bonchev–Trinajstić information content (AvgIpc) is 3.22. The normalized spacial score (nSPS) is 21.1. The summed E-state index contributed by atoms with van der Waals surface area (Å²) >= 11 is 0. The molecular formula is C13H20N4O2S. The van der Waals surface area contributed by atoms with E-state index in [1.807, 2.05) is 0 Å². The Kier molecular flexibility index (Phi) is 3.64. The van der Waals surface area contributed by atoms with Gasteiger partial charge < -0.3 is 4.90 Å². The molecule has 0 radical (unpaired) electrons. The molecule has 20 heavy (non-hydrogen) atoms. The van der Waals surface area contributed by atoms with Gasteiger partial charge in [-0.1, -0.05) is 0 Å². The Morgan fingerprint density at radius 2 is 1.90 bits per heavy atom. The molecule has 1 saturated carbocycles. The van der Waals surface area contributed by atoms with Crippen LogP contribution in [-0.2, 0) is 10.0 Å². The highest BCUT2D eigenvalue weighted by Gasteiger charge is 2.27. The first-order chi connectivity index (χ1) is 9.51. The Hall–Kier alpha value is -1.21. The van der Waals surface area contributed by atoms with Crippen LogP contribution in [0.3, 0.4) is 0 Å². The Morgan fingerprint density at radius 1 is 1.20 bits per heavy atom. The van der Waals surface area contributed by atoms with Crippen LogP contribution in [0.4, 0.5) is 5.82 Å². The van der Waals surface area contributed by atoms with Gasteiger partial charge in [0, 0.05) is 36.8 Å². The smallest absolute Gasteiger partial charge is 0.208 e. The van der Waals surface area contributed by atoms with Crippen LogP contribution >= 0.6 is 0 Å². The summed E-state index contributed by atoms with van der Waals surface area (Å²) in [6, 6.07) is 2.13. The first-order valence-electron chi connectivity index (χ1n) is 7.05. The van der Waals surface area contributed by atoms with Gasteiger partial charge in [0.25, 0.3) is 0 Å². The van der Waals surface area contributed by atoms with Gasteiger partial charge >= 0.3 is 0 Å². The van der Waals surface area contributed by atoms with Crippen molar-refractivity contribution >= 4 is 15.8 Å². The maximum Gasteiger partial charge on any atom is 0.208 e. The fourth-order valence-corrected chi connectivity index (χ4v) is 3.51. The van der Waals surface area contributed by atoms with Crippen molar-refractivity contribution < 1.29 is 8.42 Å². The van der Waals surface area contributed by atoms with Gasteiger partial charge in [0.05, 0.1) is 6.26 Å². The van der Waals surface area contributed by atoms with E-state index in [1.165, 1.54) is 19.1 Å². The lowest BCUT2D eigenvalue weighted by atomic mass is 10.1. The summed E-state index contributed by atoms with van der Waals surface area (Å²) in [5.41, 5.74) is 1.14. The SMILES string of the molecule is CS(=O)(=O)NC1CCN(c2cc(C3CC3)ncn2)CC1. The molecule has 1 aliphatic carbocycles. The monoisotopic (exact) mass is 296 g/mol. The highest BCUT2D eigenvalue weighted by Crippen LogP contribution is 2.39. The van der Waals surface area contributed by atoms with Gasteiger partial charge in [-0.05, 0) is 25.7 Å². The van der Waals surface area contributed by atoms with E-state index in [4.69, 9.17) is 0 Å². The number of anilines is 1. The first-order valence-corrected chi connectivity index (χ1v) is 8.94. The lowest BCUT2D eigenvalue weighted by molar-refractivity contribution is 0.460. The largest absolute Gasteiger partial charge is 0.356 e. The van der Waals surface area contributed by atoms with Crippen LogP contribution in [0.2, 0.25) is 0 Å². The summed E-state index contributed by atoms with van der Waals surface area (Å²) in [5, 5.41) is 0. The van der Waals surface area contributed by atoms with Gasteiger partial charge in [0.1, 0.15) is 12.1 Å². The summed E-state index contributed by atoms with van der Waals surface area (Å²) in [6.45, 7) is 1.66. The summed E-state index contributed by atoms with van der Waals surface area (Å²) in [7, 11) is -3.11. The maximum absolute atomic E-state index is 11.2. The standard InChI is InChI=1S/C13H20N4O2S/c1-20(18,19)16-11-4-6-17(7-5-11)13-8-12(10-2-3-10)14-9-15-13/h8-11,16H,2-7H2,1H3. The minimum absolute atomic E-state index is 0.0472. The van der Waals surface area contributed by atoms with Crippen LogP contribution in [0.1, 0.15) is 37.3 Å². The van der Waals surface area contributed by atoms with Crippen LogP contribution in [0.25, 0.3) is 0 Å². The van der Waals surface area contributed by atoms with E-state index in [0.717, 1.165) is 37.4 Å². The van der Waals surface area contributed by atoms with Crippen molar-refractivity contribution in [3.8, 4) is 0 Å². The third-order valence-electron chi connectivity index (χ3n) is 3.87. The lowest BCUT2D eigenvalue weighted by Crippen LogP contribution is -2.44. The van der Waals surface area contributed by atoms with E-state index in [1.54, 1.807) is 6.33 Å². The fraction of sp³-hybridized carbons (Fsp3) is 0.692. The van der Waals surface area contributed by atoms with E-state index in [0.29, 0.717) is 5.92 Å². The Bertz CT molecular complexity index is 578. The Balaban J connectivity index is 1.61. The first kappa shape index (κ1) is 13.8. The Morgan fingerprint density at radius 3 is 2.50 bits per heavy atom. The molecule has 1 saturated heterocycles.